The Morgan fingerprint density at radius 3 is 2.48 bits per heavy atom. The largest absolute Gasteiger partial charge is 0.396 e. The van der Waals surface area contributed by atoms with E-state index in [0.717, 1.165) is 50.0 Å². The van der Waals surface area contributed by atoms with Gasteiger partial charge in [-0.15, -0.1) is 0 Å². The predicted octanol–water partition coefficient (Wildman–Crippen LogP) is 4.52. The number of aliphatic hydroxyl groups excluding tert-OH is 4. The Bertz CT molecular complexity index is 1520. The standard InChI is InChI=1S/C46H74N2O8/c1-5-7-26-9-13-29-25(2)41(56-37(29)15-10-26)42(53)44(4,54)38-17-18-46(55)32-21-34(50)31-20-35(51)36(52)24-45(31)23-27(11-12-28(40(32)45)22-43(38,46)3)30-14-16-39(47)48-33(30)8-6-19-49/h11-12,21,25-31,33,35-42,48-49,51-55H,5-10,13-20,22-24,47H2,1-4H3. The number of nitrogens with two attached hydrogens (primary N) is 1. The Hall–Kier alpha value is -1.21. The van der Waals surface area contributed by atoms with Crippen LogP contribution in [0.3, 0.4) is 0 Å². The van der Waals surface area contributed by atoms with E-state index in [4.69, 9.17) is 10.5 Å². The molecular weight excluding hydrogens is 709 g/mol. The van der Waals surface area contributed by atoms with E-state index in [1.54, 1.807) is 13.0 Å². The number of nitrogens with one attached hydrogen (secondary N) is 1. The average molecular weight is 783 g/mol. The number of fused-ring (bicyclic) bond motifs is 3. The van der Waals surface area contributed by atoms with Gasteiger partial charge in [0, 0.05) is 24.0 Å². The maximum absolute atomic E-state index is 14.5. The number of ketones is 1. The second-order valence-corrected chi connectivity index (χ2v) is 21.0. The number of carbonyl (C=O) groups excluding carboxylic acids is 1. The maximum Gasteiger partial charge on any atom is 0.159 e. The summed E-state index contributed by atoms with van der Waals surface area (Å²) < 4.78 is 6.74. The minimum Gasteiger partial charge on any atom is -0.396 e. The number of carbonyl (C=O) groups is 1. The van der Waals surface area contributed by atoms with E-state index in [-0.39, 0.29) is 73.1 Å². The zero-order valence-electron chi connectivity index (χ0n) is 34.6. The van der Waals surface area contributed by atoms with Crippen molar-refractivity contribution in [2.75, 3.05) is 6.61 Å². The molecule has 10 nitrogen and oxygen atoms in total. The summed E-state index contributed by atoms with van der Waals surface area (Å²) in [5.41, 5.74) is 2.66. The van der Waals surface area contributed by atoms with Crippen molar-refractivity contribution in [3.63, 3.8) is 0 Å². The third-order valence-corrected chi connectivity index (χ3v) is 18.2. The smallest absolute Gasteiger partial charge is 0.159 e. The van der Waals surface area contributed by atoms with Gasteiger partial charge in [0.05, 0.1) is 41.8 Å². The Balaban J connectivity index is 1.13. The molecule has 316 valence electrons. The van der Waals surface area contributed by atoms with Crippen LogP contribution in [0.1, 0.15) is 130 Å². The first-order chi connectivity index (χ1) is 26.6. The molecule has 1 spiro atoms. The van der Waals surface area contributed by atoms with Crippen LogP contribution < -0.4 is 11.1 Å². The summed E-state index contributed by atoms with van der Waals surface area (Å²) in [4.78, 5) is 14.5. The third-order valence-electron chi connectivity index (χ3n) is 18.2. The molecule has 2 aliphatic heterocycles. The fourth-order valence-corrected chi connectivity index (χ4v) is 15.4. The second kappa shape index (κ2) is 15.4. The zero-order chi connectivity index (χ0) is 39.9. The molecule has 0 radical (unpaired) electrons. The van der Waals surface area contributed by atoms with E-state index in [9.17, 15) is 35.4 Å². The molecule has 0 aromatic rings. The van der Waals surface area contributed by atoms with Crippen molar-refractivity contribution in [3.8, 4) is 0 Å². The molecule has 9 N–H and O–H groups in total. The van der Waals surface area contributed by atoms with E-state index in [1.807, 2.05) is 0 Å². The predicted molar refractivity (Wildman–Crippen MR) is 214 cm³/mol. The van der Waals surface area contributed by atoms with Crippen LogP contribution in [-0.2, 0) is 9.53 Å². The molecule has 56 heavy (non-hydrogen) atoms. The van der Waals surface area contributed by atoms with Gasteiger partial charge >= 0.3 is 0 Å². The summed E-state index contributed by atoms with van der Waals surface area (Å²) in [5.74, 6) is 0.146. The number of allylic oxidation sites excluding steroid dienone is 3. The van der Waals surface area contributed by atoms with Crippen molar-refractivity contribution >= 4 is 5.78 Å². The molecule has 8 aliphatic rings. The molecule has 2 saturated heterocycles. The minimum atomic E-state index is -1.56. The topological polar surface area (TPSA) is 186 Å². The average Bonchev–Trinajstić information content (AvgIpc) is 3.45. The number of piperidine rings is 1. The first kappa shape index (κ1) is 41.5. The fourth-order valence-electron chi connectivity index (χ4n) is 15.4. The van der Waals surface area contributed by atoms with E-state index in [1.165, 1.54) is 19.3 Å². The van der Waals surface area contributed by atoms with Gasteiger partial charge in [0.2, 0.25) is 0 Å². The van der Waals surface area contributed by atoms with Crippen LogP contribution in [-0.4, -0.2) is 97.0 Å². The van der Waals surface area contributed by atoms with Gasteiger partial charge in [-0.05, 0) is 155 Å². The van der Waals surface area contributed by atoms with E-state index in [0.29, 0.717) is 38.0 Å². The fraction of sp³-hybridized carbons (Fsp3) is 0.891. The SMILES string of the molecule is CCCC1CCC2OC(C(O)C(C)(O)C3CCC4(O)C5=CC(=O)C6CC(O)C(O)CC67CC(C6CCC(N)NC6CCCO)C=CC(CC34C)C57)C(C)C2CC1. The lowest BCUT2D eigenvalue weighted by Gasteiger charge is -2.63. The first-order valence-corrected chi connectivity index (χ1v) is 22.8. The van der Waals surface area contributed by atoms with Crippen molar-refractivity contribution < 1.29 is 40.2 Å². The Morgan fingerprint density at radius 1 is 1.00 bits per heavy atom. The third kappa shape index (κ3) is 6.48. The van der Waals surface area contributed by atoms with Crippen LogP contribution in [0.15, 0.2) is 23.8 Å². The highest BCUT2D eigenvalue weighted by molar-refractivity contribution is 5.95. The molecule has 8 rings (SSSR count). The quantitative estimate of drug-likeness (QED) is 0.155. The molecule has 6 fully saturated rings. The monoisotopic (exact) mass is 783 g/mol. The highest BCUT2D eigenvalue weighted by atomic mass is 16.5. The summed E-state index contributed by atoms with van der Waals surface area (Å²) in [6.07, 6.45) is 15.4. The Morgan fingerprint density at radius 2 is 1.73 bits per heavy atom. The van der Waals surface area contributed by atoms with Gasteiger partial charge in [-0.2, -0.15) is 0 Å². The molecule has 0 aromatic heterocycles. The van der Waals surface area contributed by atoms with E-state index in [2.05, 4.69) is 38.2 Å². The molecule has 2 heterocycles. The summed E-state index contributed by atoms with van der Waals surface area (Å²) >= 11 is 0. The summed E-state index contributed by atoms with van der Waals surface area (Å²) in [5, 5.41) is 74.2. The van der Waals surface area contributed by atoms with Crippen LogP contribution in [0.5, 0.6) is 0 Å². The number of hydrogen-bond acceptors (Lipinski definition) is 10. The molecule has 0 bridgehead atoms. The summed E-state index contributed by atoms with van der Waals surface area (Å²) in [6.45, 7) is 8.39. The van der Waals surface area contributed by atoms with Crippen LogP contribution >= 0.6 is 0 Å². The molecule has 20 atom stereocenters. The van der Waals surface area contributed by atoms with E-state index >= 15 is 0 Å². The van der Waals surface area contributed by atoms with Gasteiger partial charge in [0.25, 0.3) is 0 Å². The van der Waals surface area contributed by atoms with Crippen molar-refractivity contribution in [2.24, 2.45) is 69.8 Å². The lowest BCUT2D eigenvalue weighted by atomic mass is 9.42. The highest BCUT2D eigenvalue weighted by Crippen LogP contribution is 2.72. The lowest BCUT2D eigenvalue weighted by Crippen LogP contribution is -2.66. The minimum absolute atomic E-state index is 0.0652. The number of ether oxygens (including phenoxy) is 1. The number of hydrogen-bond donors (Lipinski definition) is 8. The molecule has 6 aliphatic carbocycles. The van der Waals surface area contributed by atoms with Crippen LogP contribution in [0.2, 0.25) is 0 Å². The van der Waals surface area contributed by atoms with Crippen molar-refractivity contribution in [3.05, 3.63) is 23.8 Å². The highest BCUT2D eigenvalue weighted by Gasteiger charge is 2.72. The second-order valence-electron chi connectivity index (χ2n) is 21.0. The number of rotatable bonds is 9. The summed E-state index contributed by atoms with van der Waals surface area (Å²) in [7, 11) is 0. The van der Waals surface area contributed by atoms with Crippen LogP contribution in [0.4, 0.5) is 0 Å². The lowest BCUT2D eigenvalue weighted by molar-refractivity contribution is -0.203. The van der Waals surface area contributed by atoms with Crippen LogP contribution in [0, 0.1) is 64.1 Å². The summed E-state index contributed by atoms with van der Waals surface area (Å²) in [6, 6.07) is 0.0946. The van der Waals surface area contributed by atoms with Gasteiger partial charge in [0.15, 0.2) is 5.78 Å². The van der Waals surface area contributed by atoms with Gasteiger partial charge in [-0.3, -0.25) is 10.1 Å². The van der Waals surface area contributed by atoms with Gasteiger partial charge in [-0.25, -0.2) is 0 Å². The molecule has 20 unspecified atom stereocenters. The first-order valence-electron chi connectivity index (χ1n) is 22.8. The molecule has 0 aromatic carbocycles. The maximum atomic E-state index is 14.5. The molecular formula is C46H74N2O8. The molecule has 10 heteroatoms. The molecule has 0 amide bonds. The van der Waals surface area contributed by atoms with Crippen LogP contribution in [0.25, 0.3) is 0 Å². The van der Waals surface area contributed by atoms with E-state index < -0.39 is 58.3 Å². The van der Waals surface area contributed by atoms with Gasteiger partial charge in [0.1, 0.15) is 6.10 Å². The Kier molecular flexibility index (Phi) is 11.4. The van der Waals surface area contributed by atoms with Gasteiger partial charge in [-0.1, -0.05) is 52.2 Å². The van der Waals surface area contributed by atoms with Crippen molar-refractivity contribution in [1.82, 2.24) is 5.32 Å². The van der Waals surface area contributed by atoms with Crippen molar-refractivity contribution in [1.29, 1.82) is 0 Å². The Labute approximate surface area is 335 Å². The normalized spacial score (nSPS) is 51.7. The molecule has 4 saturated carbocycles. The number of aliphatic hydroxyl groups is 6. The zero-order valence-corrected chi connectivity index (χ0v) is 34.6. The van der Waals surface area contributed by atoms with Crippen molar-refractivity contribution in [2.45, 2.75) is 184 Å². The van der Waals surface area contributed by atoms with Gasteiger partial charge < -0.3 is 41.1 Å².